The van der Waals surface area contributed by atoms with E-state index < -0.39 is 17.6 Å². The number of halogens is 4. The molecule has 0 bridgehead atoms. The molecule has 1 aromatic carbocycles. The zero-order chi connectivity index (χ0) is 19.1. The van der Waals surface area contributed by atoms with Crippen molar-refractivity contribution in [3.63, 3.8) is 0 Å². The molecule has 0 spiro atoms. The number of nitrogens with one attached hydrogen (secondary N) is 2. The summed E-state index contributed by atoms with van der Waals surface area (Å²) in [5.74, 6) is -0.297. The van der Waals surface area contributed by atoms with Crippen LogP contribution in [0.3, 0.4) is 0 Å². The first-order chi connectivity index (χ1) is 12.2. The molecule has 2 aromatic rings. The number of alkyl halides is 3. The minimum absolute atomic E-state index is 0.0139. The van der Waals surface area contributed by atoms with Crippen molar-refractivity contribution < 1.29 is 18.0 Å². The number of anilines is 2. The van der Waals surface area contributed by atoms with Crippen molar-refractivity contribution in [2.75, 3.05) is 17.7 Å². The molecule has 2 heterocycles. The summed E-state index contributed by atoms with van der Waals surface area (Å²) >= 11 is 5.07. The van der Waals surface area contributed by atoms with Gasteiger partial charge in [0.2, 0.25) is 0 Å². The second-order valence-corrected chi connectivity index (χ2v) is 8.16. The Morgan fingerprint density at radius 3 is 2.77 bits per heavy atom. The maximum Gasteiger partial charge on any atom is 0.417 e. The molecule has 1 amide bonds. The maximum atomic E-state index is 12.9. The van der Waals surface area contributed by atoms with Crippen LogP contribution in [-0.4, -0.2) is 23.2 Å². The van der Waals surface area contributed by atoms with E-state index in [0.29, 0.717) is 10.8 Å². The van der Waals surface area contributed by atoms with Gasteiger partial charge in [0.05, 0.1) is 16.8 Å². The van der Waals surface area contributed by atoms with Crippen molar-refractivity contribution in [2.45, 2.75) is 29.7 Å². The maximum absolute atomic E-state index is 12.9. The smallest absolute Gasteiger partial charge is 0.371 e. The highest BCUT2D eigenvalue weighted by atomic mass is 79.9. The molecule has 1 aliphatic rings. The second kappa shape index (κ2) is 7.11. The van der Waals surface area contributed by atoms with Crippen molar-refractivity contribution in [2.24, 2.45) is 0 Å². The number of carbonyl (C=O) groups excluding carboxylic acids is 1. The van der Waals surface area contributed by atoms with Crippen LogP contribution < -0.4 is 10.6 Å². The summed E-state index contributed by atoms with van der Waals surface area (Å²) in [6.07, 6.45) is -2.98. The molecule has 9 heteroatoms. The summed E-state index contributed by atoms with van der Waals surface area (Å²) in [5.41, 5.74) is 0.555. The van der Waals surface area contributed by atoms with Gasteiger partial charge in [-0.15, -0.1) is 11.8 Å². The van der Waals surface area contributed by atoms with Crippen molar-refractivity contribution in [3.05, 3.63) is 45.6 Å². The Kier molecular flexibility index (Phi) is 5.21. The van der Waals surface area contributed by atoms with Crippen LogP contribution in [0.25, 0.3) is 0 Å². The molecule has 1 aromatic heterocycles. The van der Waals surface area contributed by atoms with E-state index in [1.54, 1.807) is 23.9 Å². The molecule has 1 aliphatic heterocycles. The average molecular weight is 446 g/mol. The number of pyridine rings is 1. The van der Waals surface area contributed by atoms with Gasteiger partial charge < -0.3 is 10.6 Å². The van der Waals surface area contributed by atoms with Gasteiger partial charge in [0.25, 0.3) is 5.91 Å². The third kappa shape index (κ3) is 3.68. The molecule has 2 N–H and O–H groups in total. The largest absolute Gasteiger partial charge is 0.417 e. The molecule has 1 atom stereocenters. The van der Waals surface area contributed by atoms with Gasteiger partial charge in [-0.25, -0.2) is 4.98 Å². The highest BCUT2D eigenvalue weighted by Crippen LogP contribution is 2.43. The van der Waals surface area contributed by atoms with E-state index in [9.17, 15) is 18.0 Å². The van der Waals surface area contributed by atoms with E-state index in [1.165, 1.54) is 7.05 Å². The van der Waals surface area contributed by atoms with Crippen molar-refractivity contribution in [1.29, 1.82) is 0 Å². The fourth-order valence-electron chi connectivity index (χ4n) is 2.74. The predicted molar refractivity (Wildman–Crippen MR) is 99.9 cm³/mol. The zero-order valence-electron chi connectivity index (χ0n) is 13.9. The number of fused-ring (bicyclic) bond motifs is 1. The molecule has 1 unspecified atom stereocenters. The number of carbonyl (C=O) groups is 1. The first kappa shape index (κ1) is 19.0. The van der Waals surface area contributed by atoms with Crippen LogP contribution in [0.15, 0.2) is 33.8 Å². The van der Waals surface area contributed by atoms with Gasteiger partial charge in [0.1, 0.15) is 5.82 Å². The van der Waals surface area contributed by atoms with Gasteiger partial charge in [0.15, 0.2) is 0 Å². The summed E-state index contributed by atoms with van der Waals surface area (Å²) in [4.78, 5) is 17.4. The number of aromatic nitrogens is 1. The van der Waals surface area contributed by atoms with Gasteiger partial charge in [-0.1, -0.05) is 22.9 Å². The number of amides is 1. The standard InChI is InChI=1S/C17H15BrF3N3OS/c1-8-5-11-12(18)4-3-10(14(11)26-8)16(25)24-13-6-9(17(19,20)21)7-23-15(13)22-2/h3-4,6-8H,5H2,1-2H3,(H,22,23)(H,24,25). The molecule has 0 radical (unpaired) electrons. The first-order valence-electron chi connectivity index (χ1n) is 7.75. The Bertz CT molecular complexity index is 873. The van der Waals surface area contributed by atoms with Gasteiger partial charge in [0, 0.05) is 27.9 Å². The topological polar surface area (TPSA) is 54.0 Å². The van der Waals surface area contributed by atoms with Gasteiger partial charge in [-0.3, -0.25) is 4.79 Å². The summed E-state index contributed by atoms with van der Waals surface area (Å²) in [7, 11) is 1.53. The molecular weight excluding hydrogens is 431 g/mol. The monoisotopic (exact) mass is 445 g/mol. The zero-order valence-corrected chi connectivity index (χ0v) is 16.3. The van der Waals surface area contributed by atoms with Crippen LogP contribution in [0, 0.1) is 0 Å². The van der Waals surface area contributed by atoms with Crippen molar-refractivity contribution in [1.82, 2.24) is 4.98 Å². The molecule has 0 saturated carbocycles. The third-order valence-corrected chi connectivity index (χ3v) is 5.97. The lowest BCUT2D eigenvalue weighted by Gasteiger charge is -2.14. The molecule has 138 valence electrons. The van der Waals surface area contributed by atoms with Crippen LogP contribution in [0.1, 0.15) is 28.4 Å². The van der Waals surface area contributed by atoms with Gasteiger partial charge >= 0.3 is 6.18 Å². The Morgan fingerprint density at radius 1 is 1.38 bits per heavy atom. The van der Waals surface area contributed by atoms with Crippen LogP contribution in [0.4, 0.5) is 24.7 Å². The Balaban J connectivity index is 1.96. The number of rotatable bonds is 3. The predicted octanol–water partition coefficient (Wildman–Crippen LogP) is 5.19. The Hall–Kier alpha value is -1.74. The average Bonchev–Trinajstić information content (AvgIpc) is 2.96. The number of nitrogens with zero attached hydrogens (tertiary/aromatic N) is 1. The highest BCUT2D eigenvalue weighted by molar-refractivity contribution is 9.10. The van der Waals surface area contributed by atoms with Crippen LogP contribution >= 0.6 is 27.7 Å². The molecule has 4 nitrogen and oxygen atoms in total. The molecule has 0 fully saturated rings. The summed E-state index contributed by atoms with van der Waals surface area (Å²) < 4.78 is 39.8. The molecule has 26 heavy (non-hydrogen) atoms. The van der Waals surface area contributed by atoms with E-state index in [-0.39, 0.29) is 11.5 Å². The molecule has 0 saturated heterocycles. The Labute approximate surface area is 161 Å². The second-order valence-electron chi connectivity index (χ2n) is 5.86. The number of hydrogen-bond acceptors (Lipinski definition) is 4. The minimum atomic E-state index is -4.54. The van der Waals surface area contributed by atoms with Gasteiger partial charge in [-0.05, 0) is 30.2 Å². The normalized spacial score (nSPS) is 16.3. The first-order valence-corrected chi connectivity index (χ1v) is 9.42. The third-order valence-electron chi connectivity index (χ3n) is 3.96. The van der Waals surface area contributed by atoms with Crippen LogP contribution in [0.2, 0.25) is 0 Å². The fourth-order valence-corrected chi connectivity index (χ4v) is 4.64. The van der Waals surface area contributed by atoms with Crippen molar-refractivity contribution in [3.8, 4) is 0 Å². The lowest BCUT2D eigenvalue weighted by molar-refractivity contribution is -0.137. The Morgan fingerprint density at radius 2 is 2.12 bits per heavy atom. The van der Waals surface area contributed by atoms with E-state index >= 15 is 0 Å². The quantitative estimate of drug-likeness (QED) is 0.681. The summed E-state index contributed by atoms with van der Waals surface area (Å²) in [6.45, 7) is 2.06. The number of hydrogen-bond donors (Lipinski definition) is 2. The molecule has 0 aliphatic carbocycles. The summed E-state index contributed by atoms with van der Waals surface area (Å²) in [6, 6.07) is 4.34. The van der Waals surface area contributed by atoms with Crippen LogP contribution in [-0.2, 0) is 12.6 Å². The van der Waals surface area contributed by atoms with Crippen molar-refractivity contribution >= 4 is 45.1 Å². The highest BCUT2D eigenvalue weighted by Gasteiger charge is 2.32. The minimum Gasteiger partial charge on any atom is -0.371 e. The van der Waals surface area contributed by atoms with E-state index in [1.807, 2.05) is 0 Å². The summed E-state index contributed by atoms with van der Waals surface area (Å²) in [5, 5.41) is 5.59. The lowest BCUT2D eigenvalue weighted by Crippen LogP contribution is -2.16. The fraction of sp³-hybridized carbons (Fsp3) is 0.294. The molecule has 3 rings (SSSR count). The molecular formula is C17H15BrF3N3OS. The van der Waals surface area contributed by atoms with E-state index in [0.717, 1.165) is 33.6 Å². The van der Waals surface area contributed by atoms with E-state index in [4.69, 9.17) is 0 Å². The number of thioether (sulfide) groups is 1. The van der Waals surface area contributed by atoms with Gasteiger partial charge in [-0.2, -0.15) is 13.2 Å². The van der Waals surface area contributed by atoms with Crippen LogP contribution in [0.5, 0.6) is 0 Å². The van der Waals surface area contributed by atoms with E-state index in [2.05, 4.69) is 38.5 Å². The SMILES string of the molecule is CNc1ncc(C(F)(F)F)cc1NC(=O)c1ccc(Br)c2c1SC(C)C2. The number of benzene rings is 1. The lowest BCUT2D eigenvalue weighted by atomic mass is 10.1.